The van der Waals surface area contributed by atoms with Crippen LogP contribution < -0.4 is 15.4 Å². The molecule has 1 saturated heterocycles. The fraction of sp³-hybridized carbons (Fsp3) is 0.286. The summed E-state index contributed by atoms with van der Waals surface area (Å²) in [6, 6.07) is 0.938. The van der Waals surface area contributed by atoms with Crippen LogP contribution in [-0.2, 0) is 6.18 Å². The molecule has 1 aliphatic heterocycles. The van der Waals surface area contributed by atoms with Crippen molar-refractivity contribution in [3.8, 4) is 5.88 Å². The average molecular weight is 388 g/mol. The summed E-state index contributed by atoms with van der Waals surface area (Å²) < 4.78 is 44.9. The van der Waals surface area contributed by atoms with E-state index in [0.29, 0.717) is 11.0 Å². The number of nitrogens with zero attached hydrogens (tertiary/aromatic N) is 2. The first-order valence-corrected chi connectivity index (χ1v) is 8.03. The van der Waals surface area contributed by atoms with Crippen molar-refractivity contribution in [3.63, 3.8) is 0 Å². The molecule has 4 amide bonds. The van der Waals surface area contributed by atoms with Gasteiger partial charge in [-0.2, -0.15) is 13.2 Å². The minimum atomic E-state index is -4.76. The normalized spacial score (nSPS) is 14.5. The maximum atomic E-state index is 13.4. The summed E-state index contributed by atoms with van der Waals surface area (Å²) in [5.74, 6) is -1.17. The van der Waals surface area contributed by atoms with Crippen molar-refractivity contribution in [1.29, 1.82) is 0 Å². The minimum absolute atomic E-state index is 0.0305. The molecule has 1 aliphatic rings. The zero-order chi connectivity index (χ0) is 19.1. The van der Waals surface area contributed by atoms with Crippen LogP contribution in [0.1, 0.15) is 15.2 Å². The van der Waals surface area contributed by atoms with Crippen LogP contribution >= 0.6 is 11.3 Å². The van der Waals surface area contributed by atoms with Gasteiger partial charge in [0.05, 0.1) is 17.0 Å². The van der Waals surface area contributed by atoms with E-state index in [1.165, 1.54) is 7.05 Å². The Balaban J connectivity index is 2.02. The number of carbonyl (C=O) groups excluding carboxylic acids is 3. The number of aromatic nitrogens is 1. The van der Waals surface area contributed by atoms with Crippen LogP contribution in [0.15, 0.2) is 12.1 Å². The van der Waals surface area contributed by atoms with Crippen molar-refractivity contribution in [2.24, 2.45) is 0 Å². The molecule has 0 aliphatic carbocycles. The van der Waals surface area contributed by atoms with E-state index in [0.717, 1.165) is 17.4 Å². The molecular formula is C14H11F3N4O4S. The van der Waals surface area contributed by atoms with Crippen LogP contribution in [0, 0.1) is 0 Å². The Bertz CT molecular complexity index is 911. The average Bonchev–Trinajstić information content (AvgIpc) is 3.18. The van der Waals surface area contributed by atoms with E-state index in [-0.39, 0.29) is 28.2 Å². The third-order valence-electron chi connectivity index (χ3n) is 3.51. The van der Waals surface area contributed by atoms with Gasteiger partial charge in [-0.3, -0.25) is 4.79 Å². The van der Waals surface area contributed by atoms with Crippen LogP contribution in [0.4, 0.5) is 22.8 Å². The molecule has 0 saturated carbocycles. The molecule has 3 heterocycles. The highest BCUT2D eigenvalue weighted by atomic mass is 32.1. The SMILES string of the molecule is CNC(=O)c1cc2c(C(F)(F)F)cc(OC(=O)N3CCNC3=O)nc2s1. The second-order valence-electron chi connectivity index (χ2n) is 5.17. The van der Waals surface area contributed by atoms with Gasteiger partial charge in [0, 0.05) is 25.0 Å². The summed E-state index contributed by atoms with van der Waals surface area (Å²) >= 11 is 0.727. The largest absolute Gasteiger partial charge is 0.424 e. The highest BCUT2D eigenvalue weighted by Gasteiger charge is 2.36. The van der Waals surface area contributed by atoms with Crippen molar-refractivity contribution < 1.29 is 32.3 Å². The van der Waals surface area contributed by atoms with E-state index in [2.05, 4.69) is 15.6 Å². The lowest BCUT2D eigenvalue weighted by atomic mass is 10.1. The zero-order valence-electron chi connectivity index (χ0n) is 13.1. The molecule has 0 unspecified atom stereocenters. The number of amides is 4. The summed E-state index contributed by atoms with van der Waals surface area (Å²) in [5.41, 5.74) is -1.09. The smallest absolute Gasteiger partial charge is 0.391 e. The van der Waals surface area contributed by atoms with Crippen LogP contribution in [0.25, 0.3) is 10.2 Å². The van der Waals surface area contributed by atoms with E-state index in [4.69, 9.17) is 4.74 Å². The molecule has 12 heteroatoms. The summed E-state index contributed by atoms with van der Waals surface area (Å²) in [6.07, 6.45) is -5.89. The number of pyridine rings is 1. The second kappa shape index (κ2) is 6.44. The number of hydrogen-bond donors (Lipinski definition) is 2. The molecule has 26 heavy (non-hydrogen) atoms. The van der Waals surface area contributed by atoms with E-state index in [1.54, 1.807) is 0 Å². The first-order chi connectivity index (χ1) is 12.2. The van der Waals surface area contributed by atoms with Gasteiger partial charge in [0.1, 0.15) is 4.83 Å². The number of rotatable bonds is 2. The molecule has 2 aromatic rings. The van der Waals surface area contributed by atoms with Gasteiger partial charge in [-0.05, 0) is 6.07 Å². The van der Waals surface area contributed by atoms with E-state index in [9.17, 15) is 27.6 Å². The van der Waals surface area contributed by atoms with Gasteiger partial charge in [-0.25, -0.2) is 19.5 Å². The van der Waals surface area contributed by atoms with Crippen LogP contribution in [0.2, 0.25) is 0 Å². The fourth-order valence-corrected chi connectivity index (χ4v) is 3.30. The van der Waals surface area contributed by atoms with Gasteiger partial charge in [0.25, 0.3) is 5.91 Å². The molecule has 1 fully saturated rings. The van der Waals surface area contributed by atoms with Crippen molar-refractivity contribution in [2.45, 2.75) is 6.18 Å². The Hall–Kier alpha value is -2.89. The number of nitrogens with one attached hydrogen (secondary N) is 2. The number of ether oxygens (including phenoxy) is 1. The maximum absolute atomic E-state index is 13.4. The predicted molar refractivity (Wildman–Crippen MR) is 84.1 cm³/mol. The monoisotopic (exact) mass is 388 g/mol. The molecule has 3 rings (SSSR count). The Kier molecular flexibility index (Phi) is 4.44. The Labute approximate surface area is 147 Å². The molecule has 0 radical (unpaired) electrons. The molecule has 0 atom stereocenters. The third kappa shape index (κ3) is 3.27. The molecule has 0 spiro atoms. The molecule has 8 nitrogen and oxygen atoms in total. The molecular weight excluding hydrogens is 377 g/mol. The van der Waals surface area contributed by atoms with E-state index in [1.807, 2.05) is 0 Å². The van der Waals surface area contributed by atoms with Gasteiger partial charge in [0.15, 0.2) is 0 Å². The van der Waals surface area contributed by atoms with Crippen molar-refractivity contribution in [2.75, 3.05) is 20.1 Å². The lowest BCUT2D eigenvalue weighted by Crippen LogP contribution is -2.36. The minimum Gasteiger partial charge on any atom is -0.391 e. The summed E-state index contributed by atoms with van der Waals surface area (Å²) in [4.78, 5) is 39.5. The number of alkyl halides is 3. The lowest BCUT2D eigenvalue weighted by molar-refractivity contribution is -0.136. The second-order valence-corrected chi connectivity index (χ2v) is 6.20. The molecule has 2 aromatic heterocycles. The van der Waals surface area contributed by atoms with Gasteiger partial charge in [0.2, 0.25) is 5.88 Å². The molecule has 138 valence electrons. The van der Waals surface area contributed by atoms with Gasteiger partial charge >= 0.3 is 18.3 Å². The lowest BCUT2D eigenvalue weighted by Gasteiger charge is -2.13. The Morgan fingerprint density at radius 2 is 2.12 bits per heavy atom. The summed E-state index contributed by atoms with van der Waals surface area (Å²) in [7, 11) is 1.35. The number of carbonyl (C=O) groups is 3. The number of imide groups is 1. The van der Waals surface area contributed by atoms with Gasteiger partial charge in [-0.15, -0.1) is 11.3 Å². The number of urea groups is 1. The fourth-order valence-electron chi connectivity index (χ4n) is 2.30. The first kappa shape index (κ1) is 17.9. The third-order valence-corrected chi connectivity index (χ3v) is 4.54. The highest BCUT2D eigenvalue weighted by molar-refractivity contribution is 7.20. The summed E-state index contributed by atoms with van der Waals surface area (Å²) in [5, 5.41) is 4.40. The number of halogens is 3. The number of fused-ring (bicyclic) bond motifs is 1. The Morgan fingerprint density at radius 1 is 1.38 bits per heavy atom. The van der Waals surface area contributed by atoms with Crippen molar-refractivity contribution in [3.05, 3.63) is 22.6 Å². The quantitative estimate of drug-likeness (QED) is 0.822. The van der Waals surface area contributed by atoms with Gasteiger partial charge < -0.3 is 15.4 Å². The van der Waals surface area contributed by atoms with Gasteiger partial charge in [-0.1, -0.05) is 0 Å². The molecule has 0 aromatic carbocycles. The number of hydrogen-bond acceptors (Lipinski definition) is 6. The van der Waals surface area contributed by atoms with Crippen molar-refractivity contribution in [1.82, 2.24) is 20.5 Å². The Morgan fingerprint density at radius 3 is 2.69 bits per heavy atom. The highest BCUT2D eigenvalue weighted by Crippen LogP contribution is 2.39. The van der Waals surface area contributed by atoms with E-state index >= 15 is 0 Å². The van der Waals surface area contributed by atoms with Crippen LogP contribution in [0.5, 0.6) is 5.88 Å². The number of thiophene rings is 1. The van der Waals surface area contributed by atoms with Crippen LogP contribution in [0.3, 0.4) is 0 Å². The molecule has 2 N–H and O–H groups in total. The first-order valence-electron chi connectivity index (χ1n) is 7.21. The van der Waals surface area contributed by atoms with Crippen LogP contribution in [-0.4, -0.2) is 48.1 Å². The van der Waals surface area contributed by atoms with Crippen molar-refractivity contribution >= 4 is 39.6 Å². The molecule has 0 bridgehead atoms. The topological polar surface area (TPSA) is 101 Å². The summed E-state index contributed by atoms with van der Waals surface area (Å²) in [6.45, 7) is 0.250. The predicted octanol–water partition coefficient (Wildman–Crippen LogP) is 2.20. The van der Waals surface area contributed by atoms with E-state index < -0.39 is 35.7 Å². The maximum Gasteiger partial charge on any atom is 0.424 e. The zero-order valence-corrected chi connectivity index (χ0v) is 14.0. The standard InChI is InChI=1S/C14H11F3N4O4S/c1-18-10(22)8-4-6-7(14(15,16)17)5-9(20-11(6)26-8)25-13(24)21-3-2-19-12(21)23/h4-5H,2-3H2,1H3,(H,18,22)(H,19,23).